The molecule has 29 heavy (non-hydrogen) atoms. The number of benzene rings is 2. The molecule has 0 aliphatic carbocycles. The summed E-state index contributed by atoms with van der Waals surface area (Å²) in [6, 6.07) is 10.1. The predicted octanol–water partition coefficient (Wildman–Crippen LogP) is 2.01. The van der Waals surface area contributed by atoms with Gasteiger partial charge in [-0.1, -0.05) is 12.1 Å². The van der Waals surface area contributed by atoms with Crippen LogP contribution in [0.4, 0.5) is 0 Å². The zero-order valence-electron chi connectivity index (χ0n) is 16.5. The smallest absolute Gasteiger partial charge is 0.261 e. The average molecular weight is 398 g/mol. The first-order valence-electron chi connectivity index (χ1n) is 9.01. The molecule has 0 unspecified atom stereocenters. The number of imide groups is 1. The number of carbonyl (C=O) groups is 3. The highest BCUT2D eigenvalue weighted by Crippen LogP contribution is 2.38. The van der Waals surface area contributed by atoms with Gasteiger partial charge < -0.3 is 19.5 Å². The first-order chi connectivity index (χ1) is 14.0. The number of hydrogen-bond donors (Lipinski definition) is 1. The molecule has 152 valence electrons. The molecule has 1 aliphatic heterocycles. The van der Waals surface area contributed by atoms with E-state index in [9.17, 15) is 14.4 Å². The van der Waals surface area contributed by atoms with Crippen LogP contribution in [-0.4, -0.2) is 50.5 Å². The van der Waals surface area contributed by atoms with E-state index < -0.39 is 0 Å². The van der Waals surface area contributed by atoms with Crippen LogP contribution in [0, 0.1) is 0 Å². The normalized spacial score (nSPS) is 12.6. The molecule has 0 bridgehead atoms. The van der Waals surface area contributed by atoms with E-state index in [0.29, 0.717) is 28.4 Å². The Morgan fingerprint density at radius 3 is 1.97 bits per heavy atom. The SMILES string of the molecule is COc1cc(CNC(=O)CCN2C(=O)c3ccccc3C2=O)cc(OC)c1OC. The van der Waals surface area contributed by atoms with E-state index in [2.05, 4.69) is 5.32 Å². The van der Waals surface area contributed by atoms with Crippen LogP contribution in [0.5, 0.6) is 17.2 Å². The fraction of sp³-hybridized carbons (Fsp3) is 0.286. The maximum Gasteiger partial charge on any atom is 0.261 e. The summed E-state index contributed by atoms with van der Waals surface area (Å²) in [5.74, 6) is 0.418. The van der Waals surface area contributed by atoms with Gasteiger partial charge in [0, 0.05) is 19.5 Å². The van der Waals surface area contributed by atoms with E-state index in [1.54, 1.807) is 36.4 Å². The minimum atomic E-state index is -0.372. The van der Waals surface area contributed by atoms with Gasteiger partial charge in [-0.2, -0.15) is 0 Å². The third-order valence-corrected chi connectivity index (χ3v) is 4.65. The summed E-state index contributed by atoms with van der Waals surface area (Å²) in [4.78, 5) is 38.0. The highest BCUT2D eigenvalue weighted by molar-refractivity contribution is 6.21. The highest BCUT2D eigenvalue weighted by atomic mass is 16.5. The van der Waals surface area contributed by atoms with Crippen molar-refractivity contribution in [2.75, 3.05) is 27.9 Å². The molecule has 2 aromatic carbocycles. The van der Waals surface area contributed by atoms with Crippen LogP contribution in [0.15, 0.2) is 36.4 Å². The van der Waals surface area contributed by atoms with Gasteiger partial charge in [0.2, 0.25) is 11.7 Å². The zero-order chi connectivity index (χ0) is 21.0. The molecular formula is C21H22N2O6. The van der Waals surface area contributed by atoms with Crippen molar-refractivity contribution >= 4 is 17.7 Å². The van der Waals surface area contributed by atoms with Gasteiger partial charge in [0.25, 0.3) is 11.8 Å². The molecule has 0 fully saturated rings. The van der Waals surface area contributed by atoms with Crippen molar-refractivity contribution in [2.45, 2.75) is 13.0 Å². The van der Waals surface area contributed by atoms with Crippen molar-refractivity contribution < 1.29 is 28.6 Å². The molecule has 1 aliphatic rings. The van der Waals surface area contributed by atoms with E-state index in [1.807, 2.05) is 0 Å². The standard InChI is InChI=1S/C21H22N2O6/c1-27-16-10-13(11-17(28-2)19(16)29-3)12-22-18(24)8-9-23-20(25)14-6-4-5-7-15(14)21(23)26/h4-7,10-11H,8-9,12H2,1-3H3,(H,22,24). The number of fused-ring (bicyclic) bond motifs is 1. The first kappa shape index (κ1) is 20.2. The second-order valence-corrected chi connectivity index (χ2v) is 6.37. The number of rotatable bonds is 8. The van der Waals surface area contributed by atoms with Crippen molar-refractivity contribution in [3.8, 4) is 17.2 Å². The van der Waals surface area contributed by atoms with Crippen molar-refractivity contribution in [3.63, 3.8) is 0 Å². The van der Waals surface area contributed by atoms with E-state index >= 15 is 0 Å². The summed E-state index contributed by atoms with van der Waals surface area (Å²) in [6.07, 6.45) is 0.00981. The first-order valence-corrected chi connectivity index (χ1v) is 9.01. The summed E-state index contributed by atoms with van der Waals surface area (Å²) in [5.41, 5.74) is 1.50. The third-order valence-electron chi connectivity index (χ3n) is 4.65. The van der Waals surface area contributed by atoms with Crippen molar-refractivity contribution in [3.05, 3.63) is 53.1 Å². The van der Waals surface area contributed by atoms with Gasteiger partial charge in [0.05, 0.1) is 32.5 Å². The van der Waals surface area contributed by atoms with Crippen LogP contribution in [0.1, 0.15) is 32.7 Å². The predicted molar refractivity (Wildman–Crippen MR) is 104 cm³/mol. The molecule has 3 amide bonds. The Kier molecular flexibility index (Phi) is 6.01. The summed E-state index contributed by atoms with van der Waals surface area (Å²) in [6.45, 7) is 0.255. The molecule has 1 heterocycles. The summed E-state index contributed by atoms with van der Waals surface area (Å²) in [5, 5.41) is 2.77. The minimum Gasteiger partial charge on any atom is -0.493 e. The van der Waals surface area contributed by atoms with E-state index in [1.165, 1.54) is 21.3 Å². The molecular weight excluding hydrogens is 376 g/mol. The Balaban J connectivity index is 1.59. The topological polar surface area (TPSA) is 94.2 Å². The molecule has 0 atom stereocenters. The fourth-order valence-corrected chi connectivity index (χ4v) is 3.18. The molecule has 3 rings (SSSR count). The van der Waals surface area contributed by atoms with Crippen LogP contribution in [0.3, 0.4) is 0 Å². The quantitative estimate of drug-likeness (QED) is 0.684. The molecule has 0 saturated heterocycles. The lowest BCUT2D eigenvalue weighted by Gasteiger charge is -2.15. The zero-order valence-corrected chi connectivity index (χ0v) is 16.5. The molecule has 8 nitrogen and oxygen atoms in total. The van der Waals surface area contributed by atoms with Crippen LogP contribution >= 0.6 is 0 Å². The summed E-state index contributed by atoms with van der Waals surface area (Å²) in [7, 11) is 4.55. The monoisotopic (exact) mass is 398 g/mol. The lowest BCUT2D eigenvalue weighted by Crippen LogP contribution is -2.34. The number of amides is 3. The fourth-order valence-electron chi connectivity index (χ4n) is 3.18. The van der Waals surface area contributed by atoms with Gasteiger partial charge in [-0.05, 0) is 29.8 Å². The van der Waals surface area contributed by atoms with Crippen molar-refractivity contribution in [1.82, 2.24) is 10.2 Å². The largest absolute Gasteiger partial charge is 0.493 e. The Labute approximate surface area is 168 Å². The van der Waals surface area contributed by atoms with Gasteiger partial charge >= 0.3 is 0 Å². The van der Waals surface area contributed by atoms with Gasteiger partial charge in [-0.25, -0.2) is 0 Å². The van der Waals surface area contributed by atoms with Crippen LogP contribution in [-0.2, 0) is 11.3 Å². The molecule has 0 aromatic heterocycles. The Bertz CT molecular complexity index is 896. The summed E-state index contributed by atoms with van der Waals surface area (Å²) < 4.78 is 15.9. The van der Waals surface area contributed by atoms with Gasteiger partial charge in [-0.15, -0.1) is 0 Å². The van der Waals surface area contributed by atoms with Gasteiger partial charge in [-0.3, -0.25) is 19.3 Å². The number of hydrogen-bond acceptors (Lipinski definition) is 6. The molecule has 0 radical (unpaired) electrons. The van der Waals surface area contributed by atoms with Crippen LogP contribution < -0.4 is 19.5 Å². The Hall–Kier alpha value is -3.55. The average Bonchev–Trinajstić information content (AvgIpc) is 2.99. The van der Waals surface area contributed by atoms with Crippen molar-refractivity contribution in [2.24, 2.45) is 0 Å². The number of nitrogens with one attached hydrogen (secondary N) is 1. The van der Waals surface area contributed by atoms with Gasteiger partial charge in [0.15, 0.2) is 11.5 Å². The maximum atomic E-state index is 12.3. The number of methoxy groups -OCH3 is 3. The molecule has 0 spiro atoms. The number of ether oxygens (including phenoxy) is 3. The lowest BCUT2D eigenvalue weighted by molar-refractivity contribution is -0.121. The molecule has 8 heteroatoms. The van der Waals surface area contributed by atoms with Crippen LogP contribution in [0.25, 0.3) is 0 Å². The molecule has 1 N–H and O–H groups in total. The van der Waals surface area contributed by atoms with Crippen LogP contribution in [0.2, 0.25) is 0 Å². The van der Waals surface area contributed by atoms with E-state index in [4.69, 9.17) is 14.2 Å². The van der Waals surface area contributed by atoms with Crippen molar-refractivity contribution in [1.29, 1.82) is 0 Å². The second kappa shape index (κ2) is 8.64. The third kappa shape index (κ3) is 4.01. The minimum absolute atomic E-state index is 0.00981. The Morgan fingerprint density at radius 2 is 1.48 bits per heavy atom. The Morgan fingerprint density at radius 1 is 0.931 bits per heavy atom. The highest BCUT2D eigenvalue weighted by Gasteiger charge is 2.34. The lowest BCUT2D eigenvalue weighted by atomic mass is 10.1. The van der Waals surface area contributed by atoms with E-state index in [0.717, 1.165) is 10.5 Å². The molecule has 2 aromatic rings. The van der Waals surface area contributed by atoms with Gasteiger partial charge in [0.1, 0.15) is 0 Å². The number of carbonyl (C=O) groups excluding carboxylic acids is 3. The second-order valence-electron chi connectivity index (χ2n) is 6.37. The number of nitrogens with zero attached hydrogens (tertiary/aromatic N) is 1. The maximum absolute atomic E-state index is 12.3. The molecule has 0 saturated carbocycles. The van der Waals surface area contributed by atoms with E-state index in [-0.39, 0.29) is 37.2 Å². The summed E-state index contributed by atoms with van der Waals surface area (Å²) >= 11 is 0.